The summed E-state index contributed by atoms with van der Waals surface area (Å²) in [6, 6.07) is 0. The molecule has 9 heteroatoms. The highest BCUT2D eigenvalue weighted by atomic mass is 16.6. The monoisotopic (exact) mass is 651 g/mol. The van der Waals surface area contributed by atoms with Gasteiger partial charge in [0.05, 0.1) is 86.5 Å². The van der Waals surface area contributed by atoms with Crippen molar-refractivity contribution < 1.29 is 42.6 Å². The van der Waals surface area contributed by atoms with E-state index in [2.05, 4.69) is 0 Å². The van der Waals surface area contributed by atoms with Gasteiger partial charge in [-0.3, -0.25) is 0 Å². The Morgan fingerprint density at radius 2 is 0.444 bits per heavy atom. The Labute approximate surface area is 278 Å². The lowest BCUT2D eigenvalue weighted by Gasteiger charge is -2.32. The fourth-order valence-electron chi connectivity index (χ4n) is 4.14. The number of hydrogen-bond acceptors (Lipinski definition) is 9. The van der Waals surface area contributed by atoms with Crippen LogP contribution in [-0.4, -0.2) is 111 Å². The van der Waals surface area contributed by atoms with Gasteiger partial charge in [0.25, 0.3) is 0 Å². The van der Waals surface area contributed by atoms with Gasteiger partial charge in [-0.25, -0.2) is 0 Å². The molecule has 45 heavy (non-hydrogen) atoms. The van der Waals surface area contributed by atoms with E-state index in [9.17, 15) is 0 Å². The maximum absolute atomic E-state index is 6.31. The van der Waals surface area contributed by atoms with Crippen molar-refractivity contribution in [2.75, 3.05) is 52.9 Å². The minimum absolute atomic E-state index is 0.206. The largest absolute Gasteiger partial charge is 0.376 e. The van der Waals surface area contributed by atoms with Gasteiger partial charge in [0.2, 0.25) is 0 Å². The minimum atomic E-state index is -0.365. The molecule has 0 aliphatic heterocycles. The molecule has 0 N–H and O–H groups in total. The first kappa shape index (κ1) is 44.6. The first-order valence-electron chi connectivity index (χ1n) is 16.7. The molecule has 0 saturated carbocycles. The summed E-state index contributed by atoms with van der Waals surface area (Å²) in [4.78, 5) is 0. The zero-order chi connectivity index (χ0) is 35.3. The van der Waals surface area contributed by atoms with Crippen molar-refractivity contribution in [1.29, 1.82) is 0 Å². The van der Waals surface area contributed by atoms with Crippen LogP contribution in [0.15, 0.2) is 0 Å². The van der Waals surface area contributed by atoms with E-state index < -0.39 is 0 Å². The van der Waals surface area contributed by atoms with Gasteiger partial charge in [-0.2, -0.15) is 0 Å². The molecule has 0 bridgehead atoms. The van der Waals surface area contributed by atoms with Gasteiger partial charge < -0.3 is 42.6 Å². The first-order valence-corrected chi connectivity index (χ1v) is 16.7. The number of rotatable bonds is 20. The zero-order valence-electron chi connectivity index (χ0n) is 32.6. The highest BCUT2D eigenvalue weighted by Crippen LogP contribution is 2.19. The lowest BCUT2D eigenvalue weighted by atomic mass is 10.1. The highest BCUT2D eigenvalue weighted by molar-refractivity contribution is 4.73. The van der Waals surface area contributed by atoms with E-state index in [0.29, 0.717) is 52.9 Å². The lowest BCUT2D eigenvalue weighted by Crippen LogP contribution is -2.40. The predicted molar refractivity (Wildman–Crippen MR) is 182 cm³/mol. The van der Waals surface area contributed by atoms with Gasteiger partial charge in [-0.05, 0) is 125 Å². The molecule has 4 atom stereocenters. The standard InChI is InChI=1S/C36H74O9/c1-31(2,3)40-25-29(44-35(13,14)15)23-38-21-27(42-33(7,8)9)19-37-20-28(43-34(10,11)12)22-39-24-30(45-36(16,17)18)26-41-32(4,5)6/h27-30H,19-26H2,1-18H3. The Hall–Kier alpha value is -0.360. The smallest absolute Gasteiger partial charge is 0.105 e. The molecule has 0 amide bonds. The molecule has 0 saturated heterocycles. The molecule has 0 aromatic rings. The van der Waals surface area contributed by atoms with Crippen LogP contribution in [0.25, 0.3) is 0 Å². The van der Waals surface area contributed by atoms with E-state index in [1.54, 1.807) is 0 Å². The summed E-state index contributed by atoms with van der Waals surface area (Å²) < 4.78 is 55.5. The van der Waals surface area contributed by atoms with Crippen molar-refractivity contribution in [2.45, 2.75) is 183 Å². The molecular weight excluding hydrogens is 576 g/mol. The number of ether oxygens (including phenoxy) is 9. The quantitative estimate of drug-likeness (QED) is 0.134. The fraction of sp³-hybridized carbons (Fsp3) is 1.00. The summed E-state index contributed by atoms with van der Waals surface area (Å²) in [5.74, 6) is 0. The van der Waals surface area contributed by atoms with Crippen LogP contribution in [0.4, 0.5) is 0 Å². The van der Waals surface area contributed by atoms with E-state index >= 15 is 0 Å². The molecule has 0 fully saturated rings. The Morgan fingerprint density at radius 3 is 0.600 bits per heavy atom. The van der Waals surface area contributed by atoms with Gasteiger partial charge in [0, 0.05) is 0 Å². The number of hydrogen-bond donors (Lipinski definition) is 0. The summed E-state index contributed by atoms with van der Waals surface area (Å²) in [5, 5.41) is 0. The van der Waals surface area contributed by atoms with Crippen LogP contribution in [0.3, 0.4) is 0 Å². The third-order valence-corrected chi connectivity index (χ3v) is 5.31. The van der Waals surface area contributed by atoms with E-state index in [4.69, 9.17) is 42.6 Å². The Morgan fingerprint density at radius 1 is 0.267 bits per heavy atom. The van der Waals surface area contributed by atoms with Gasteiger partial charge in [-0.1, -0.05) is 0 Å². The summed E-state index contributed by atoms with van der Waals surface area (Å²) in [6.07, 6.45) is -0.970. The van der Waals surface area contributed by atoms with Crippen molar-refractivity contribution in [3.05, 3.63) is 0 Å². The Bertz CT molecular complexity index is 694. The molecule has 0 aliphatic rings. The van der Waals surface area contributed by atoms with Crippen LogP contribution in [0.1, 0.15) is 125 Å². The molecule has 9 nitrogen and oxygen atoms in total. The molecule has 0 spiro atoms. The molecule has 0 radical (unpaired) electrons. The van der Waals surface area contributed by atoms with E-state index in [-0.39, 0.29) is 58.0 Å². The second-order valence-electron chi connectivity index (χ2n) is 17.9. The third-order valence-electron chi connectivity index (χ3n) is 5.31. The minimum Gasteiger partial charge on any atom is -0.376 e. The van der Waals surface area contributed by atoms with Gasteiger partial charge in [0.15, 0.2) is 0 Å². The average Bonchev–Trinajstić information content (AvgIpc) is 2.75. The predicted octanol–water partition coefficient (Wildman–Crippen LogP) is 7.40. The van der Waals surface area contributed by atoms with Crippen LogP contribution >= 0.6 is 0 Å². The molecule has 0 heterocycles. The molecule has 272 valence electrons. The SMILES string of the molecule is CC(C)(C)OCC(COCC(COCC(COCC(COC(C)(C)C)OC(C)(C)C)OC(C)(C)C)OC(C)(C)C)OC(C)(C)C. The van der Waals surface area contributed by atoms with Crippen molar-refractivity contribution in [3.8, 4) is 0 Å². The normalized spacial score (nSPS) is 16.9. The molecule has 0 aromatic heterocycles. The molecule has 0 aromatic carbocycles. The van der Waals surface area contributed by atoms with Crippen LogP contribution < -0.4 is 0 Å². The van der Waals surface area contributed by atoms with Crippen molar-refractivity contribution >= 4 is 0 Å². The maximum atomic E-state index is 6.31. The van der Waals surface area contributed by atoms with Crippen molar-refractivity contribution in [2.24, 2.45) is 0 Å². The summed E-state index contributed by atoms with van der Waals surface area (Å²) in [6.45, 7) is 39.7. The molecule has 4 unspecified atom stereocenters. The topological polar surface area (TPSA) is 83.1 Å². The van der Waals surface area contributed by atoms with Crippen LogP contribution in [0.2, 0.25) is 0 Å². The maximum Gasteiger partial charge on any atom is 0.105 e. The lowest BCUT2D eigenvalue weighted by molar-refractivity contribution is -0.171. The van der Waals surface area contributed by atoms with Crippen LogP contribution in [0, 0.1) is 0 Å². The van der Waals surface area contributed by atoms with E-state index in [1.807, 2.05) is 125 Å². The third kappa shape index (κ3) is 30.7. The Balaban J connectivity index is 5.26. The summed E-state index contributed by atoms with van der Waals surface area (Å²) >= 11 is 0. The molecule has 0 rings (SSSR count). The van der Waals surface area contributed by atoms with Crippen LogP contribution in [0.5, 0.6) is 0 Å². The van der Waals surface area contributed by atoms with E-state index in [1.165, 1.54) is 0 Å². The van der Waals surface area contributed by atoms with Crippen molar-refractivity contribution in [1.82, 2.24) is 0 Å². The highest BCUT2D eigenvalue weighted by Gasteiger charge is 2.27. The van der Waals surface area contributed by atoms with Crippen LogP contribution in [-0.2, 0) is 42.6 Å². The van der Waals surface area contributed by atoms with Gasteiger partial charge in [-0.15, -0.1) is 0 Å². The van der Waals surface area contributed by atoms with E-state index in [0.717, 1.165) is 0 Å². The summed E-state index contributed by atoms with van der Waals surface area (Å²) in [7, 11) is 0. The second-order valence-corrected chi connectivity index (χ2v) is 17.9. The zero-order valence-corrected chi connectivity index (χ0v) is 32.6. The second kappa shape index (κ2) is 19.0. The summed E-state index contributed by atoms with van der Waals surface area (Å²) in [5.41, 5.74) is -1.89. The fourth-order valence-corrected chi connectivity index (χ4v) is 4.14. The Kier molecular flexibility index (Phi) is 18.8. The average molecular weight is 651 g/mol. The van der Waals surface area contributed by atoms with Gasteiger partial charge in [0.1, 0.15) is 24.4 Å². The molecule has 0 aliphatic carbocycles. The first-order chi connectivity index (χ1) is 20.0. The molecular formula is C36H74O9. The van der Waals surface area contributed by atoms with Gasteiger partial charge >= 0.3 is 0 Å². The van der Waals surface area contributed by atoms with Crippen molar-refractivity contribution in [3.63, 3.8) is 0 Å².